The number of nitrogens with zero attached hydrogens (tertiary/aromatic N) is 1. The molecule has 1 aromatic carbocycles. The van der Waals surface area contributed by atoms with E-state index in [2.05, 4.69) is 0 Å². The lowest BCUT2D eigenvalue weighted by Gasteiger charge is -2.43. The van der Waals surface area contributed by atoms with Crippen LogP contribution in [-0.2, 0) is 4.74 Å². The van der Waals surface area contributed by atoms with Gasteiger partial charge >= 0.3 is 0 Å². The summed E-state index contributed by atoms with van der Waals surface area (Å²) in [5, 5.41) is 10.4. The van der Waals surface area contributed by atoms with Gasteiger partial charge in [0.05, 0.1) is 24.3 Å². The Morgan fingerprint density at radius 3 is 3.00 bits per heavy atom. The smallest absolute Gasteiger partial charge is 0.258 e. The zero-order valence-corrected chi connectivity index (χ0v) is 12.0. The van der Waals surface area contributed by atoms with Crippen molar-refractivity contribution in [3.8, 4) is 5.75 Å². The Morgan fingerprint density at radius 1 is 1.35 bits per heavy atom. The second kappa shape index (κ2) is 5.62. The molecule has 2 atom stereocenters. The van der Waals surface area contributed by atoms with Gasteiger partial charge in [-0.15, -0.1) is 0 Å². The second-order valence-electron chi connectivity index (χ2n) is 5.42. The number of aromatic hydroxyl groups is 1. The molecule has 3 rings (SSSR count). The van der Waals surface area contributed by atoms with Crippen molar-refractivity contribution in [3.05, 3.63) is 28.8 Å². The quantitative estimate of drug-likeness (QED) is 0.867. The highest BCUT2D eigenvalue weighted by atomic mass is 35.5. The molecule has 1 saturated heterocycles. The number of morpholine rings is 1. The average Bonchev–Trinajstić information content (AvgIpc) is 2.48. The molecule has 0 bridgehead atoms. The molecule has 1 amide bonds. The van der Waals surface area contributed by atoms with Gasteiger partial charge < -0.3 is 14.7 Å². The number of fused-ring (bicyclic) bond motifs is 1. The van der Waals surface area contributed by atoms with Gasteiger partial charge in [0.1, 0.15) is 5.75 Å². The van der Waals surface area contributed by atoms with Crippen molar-refractivity contribution in [2.75, 3.05) is 13.2 Å². The van der Waals surface area contributed by atoms with Crippen LogP contribution in [0.15, 0.2) is 18.2 Å². The Kier molecular flexibility index (Phi) is 3.85. The van der Waals surface area contributed by atoms with Crippen molar-refractivity contribution in [2.24, 2.45) is 0 Å². The van der Waals surface area contributed by atoms with Crippen LogP contribution in [0.4, 0.5) is 0 Å². The van der Waals surface area contributed by atoms with Gasteiger partial charge in [0.25, 0.3) is 5.91 Å². The summed E-state index contributed by atoms with van der Waals surface area (Å²) in [4.78, 5) is 14.5. The number of phenolic OH excluding ortho intramolecular Hbond substituents is 1. The van der Waals surface area contributed by atoms with Crippen LogP contribution in [0.2, 0.25) is 5.02 Å². The molecule has 0 spiro atoms. The van der Waals surface area contributed by atoms with E-state index in [-0.39, 0.29) is 29.4 Å². The van der Waals surface area contributed by atoms with Crippen molar-refractivity contribution in [1.29, 1.82) is 0 Å². The predicted molar refractivity (Wildman–Crippen MR) is 76.1 cm³/mol. The number of rotatable bonds is 1. The van der Waals surface area contributed by atoms with E-state index in [4.69, 9.17) is 16.3 Å². The predicted octanol–water partition coefficient (Wildman–Crippen LogP) is 2.83. The number of amides is 1. The van der Waals surface area contributed by atoms with E-state index in [1.807, 2.05) is 4.90 Å². The second-order valence-corrected chi connectivity index (χ2v) is 5.86. The highest BCUT2D eigenvalue weighted by Gasteiger charge is 2.37. The first-order valence-corrected chi connectivity index (χ1v) is 7.45. The van der Waals surface area contributed by atoms with Crippen LogP contribution in [0.5, 0.6) is 5.75 Å². The van der Waals surface area contributed by atoms with Crippen LogP contribution in [0.1, 0.15) is 36.0 Å². The number of hydrogen-bond acceptors (Lipinski definition) is 3. The summed E-state index contributed by atoms with van der Waals surface area (Å²) in [6.07, 6.45) is 4.40. The van der Waals surface area contributed by atoms with Gasteiger partial charge in [0.15, 0.2) is 0 Å². The zero-order valence-electron chi connectivity index (χ0n) is 11.2. The van der Waals surface area contributed by atoms with Crippen molar-refractivity contribution in [2.45, 2.75) is 37.8 Å². The van der Waals surface area contributed by atoms with E-state index in [1.165, 1.54) is 12.1 Å². The lowest BCUT2D eigenvalue weighted by molar-refractivity contribution is -0.0753. The Morgan fingerprint density at radius 2 is 2.15 bits per heavy atom. The SMILES string of the molecule is O=C(c1cc(Cl)ccc1O)N1CCOC2CCCCC21. The Hall–Kier alpha value is -1.26. The molecule has 5 heteroatoms. The van der Waals surface area contributed by atoms with E-state index in [0.717, 1.165) is 25.7 Å². The molecule has 4 nitrogen and oxygen atoms in total. The summed E-state index contributed by atoms with van der Waals surface area (Å²) in [5.74, 6) is -0.163. The van der Waals surface area contributed by atoms with Crippen molar-refractivity contribution >= 4 is 17.5 Å². The first-order valence-electron chi connectivity index (χ1n) is 7.08. The first kappa shape index (κ1) is 13.7. The number of ether oxygens (including phenoxy) is 1. The van der Waals surface area contributed by atoms with Crippen LogP contribution in [0, 0.1) is 0 Å². The highest BCUT2D eigenvalue weighted by Crippen LogP contribution is 2.31. The fourth-order valence-electron chi connectivity index (χ4n) is 3.18. The summed E-state index contributed by atoms with van der Waals surface area (Å²) in [7, 11) is 0. The third-order valence-corrected chi connectivity index (χ3v) is 4.42. The zero-order chi connectivity index (χ0) is 14.1. The van der Waals surface area contributed by atoms with Crippen LogP contribution in [0.25, 0.3) is 0 Å². The molecular formula is C15H18ClNO3. The molecule has 0 aromatic heterocycles. The number of benzene rings is 1. The number of carbonyl (C=O) groups excluding carboxylic acids is 1. The van der Waals surface area contributed by atoms with Gasteiger partial charge in [0, 0.05) is 11.6 Å². The number of phenols is 1. The Labute approximate surface area is 123 Å². The van der Waals surface area contributed by atoms with E-state index < -0.39 is 0 Å². The molecular weight excluding hydrogens is 278 g/mol. The average molecular weight is 296 g/mol. The minimum atomic E-state index is -0.148. The summed E-state index contributed by atoms with van der Waals surface area (Å²) in [6, 6.07) is 4.71. The molecule has 20 heavy (non-hydrogen) atoms. The molecule has 1 saturated carbocycles. The summed E-state index contributed by atoms with van der Waals surface area (Å²) in [6.45, 7) is 1.14. The molecule has 108 valence electrons. The monoisotopic (exact) mass is 295 g/mol. The standard InChI is InChI=1S/C15H18ClNO3/c16-10-5-6-13(18)11(9-10)15(19)17-7-8-20-14-4-2-1-3-12(14)17/h5-6,9,12,14,18H,1-4,7-8H2. The van der Waals surface area contributed by atoms with Gasteiger partial charge in [-0.1, -0.05) is 24.4 Å². The first-order chi connectivity index (χ1) is 9.66. The van der Waals surface area contributed by atoms with E-state index >= 15 is 0 Å². The summed E-state index contributed by atoms with van der Waals surface area (Å²) >= 11 is 5.93. The van der Waals surface area contributed by atoms with Crippen molar-refractivity contribution in [1.82, 2.24) is 4.90 Å². The fourth-order valence-corrected chi connectivity index (χ4v) is 3.36. The van der Waals surface area contributed by atoms with E-state index in [1.54, 1.807) is 6.07 Å². The molecule has 1 heterocycles. The number of carbonyl (C=O) groups is 1. The van der Waals surface area contributed by atoms with Crippen molar-refractivity contribution < 1.29 is 14.6 Å². The topological polar surface area (TPSA) is 49.8 Å². The maximum atomic E-state index is 12.7. The number of hydrogen-bond donors (Lipinski definition) is 1. The van der Waals surface area contributed by atoms with Gasteiger partial charge in [-0.3, -0.25) is 4.79 Å². The number of halogens is 1. The van der Waals surface area contributed by atoms with Gasteiger partial charge in [0.2, 0.25) is 0 Å². The molecule has 2 fully saturated rings. The largest absolute Gasteiger partial charge is 0.507 e. The minimum absolute atomic E-state index is 0.0155. The summed E-state index contributed by atoms with van der Waals surface area (Å²) in [5.41, 5.74) is 0.281. The maximum Gasteiger partial charge on any atom is 0.258 e. The van der Waals surface area contributed by atoms with E-state index in [9.17, 15) is 9.90 Å². The molecule has 1 aliphatic heterocycles. The van der Waals surface area contributed by atoms with Gasteiger partial charge in [-0.25, -0.2) is 0 Å². The van der Waals surface area contributed by atoms with Gasteiger partial charge in [-0.05, 0) is 31.0 Å². The maximum absolute atomic E-state index is 12.7. The lowest BCUT2D eigenvalue weighted by atomic mass is 9.89. The third kappa shape index (κ3) is 2.50. The van der Waals surface area contributed by atoms with Crippen molar-refractivity contribution in [3.63, 3.8) is 0 Å². The van der Waals surface area contributed by atoms with Crippen LogP contribution >= 0.6 is 11.6 Å². The minimum Gasteiger partial charge on any atom is -0.507 e. The summed E-state index contributed by atoms with van der Waals surface area (Å²) < 4.78 is 5.77. The molecule has 1 N–H and O–H groups in total. The van der Waals surface area contributed by atoms with Crippen LogP contribution in [-0.4, -0.2) is 41.2 Å². The molecule has 1 aliphatic carbocycles. The van der Waals surface area contributed by atoms with Crippen LogP contribution in [0.3, 0.4) is 0 Å². The van der Waals surface area contributed by atoms with Crippen LogP contribution < -0.4 is 0 Å². The molecule has 2 unspecified atom stereocenters. The van der Waals surface area contributed by atoms with E-state index in [0.29, 0.717) is 18.2 Å². The normalized spacial score (nSPS) is 26.1. The Balaban J connectivity index is 1.87. The molecule has 2 aliphatic rings. The fraction of sp³-hybridized carbons (Fsp3) is 0.533. The Bertz CT molecular complexity index is 518. The van der Waals surface area contributed by atoms with Gasteiger partial charge in [-0.2, -0.15) is 0 Å². The molecule has 0 radical (unpaired) electrons. The molecule has 1 aromatic rings. The third-order valence-electron chi connectivity index (χ3n) is 4.18. The lowest BCUT2D eigenvalue weighted by Crippen LogP contribution is -2.54. The highest BCUT2D eigenvalue weighted by molar-refractivity contribution is 6.31.